The topological polar surface area (TPSA) is 62.6 Å². The Morgan fingerprint density at radius 2 is 2.22 bits per heavy atom. The number of amides is 1. The highest BCUT2D eigenvalue weighted by atomic mass is 16.5. The molecule has 5 heteroatoms. The molecule has 0 N–H and O–H groups in total. The number of nitrogens with zero attached hydrogens (tertiary/aromatic N) is 2. The zero-order valence-electron chi connectivity index (χ0n) is 9.96. The molecule has 1 aliphatic heterocycles. The van der Waals surface area contributed by atoms with Gasteiger partial charge in [0.15, 0.2) is 6.61 Å². The fraction of sp³-hybridized carbons (Fsp3) is 0.385. The van der Waals surface area contributed by atoms with Gasteiger partial charge in [-0.3, -0.25) is 4.79 Å². The Bertz CT molecular complexity index is 462. The summed E-state index contributed by atoms with van der Waals surface area (Å²) in [4.78, 5) is 13.5. The number of hydrogen-bond acceptors (Lipinski definition) is 4. The third-order valence-corrected chi connectivity index (χ3v) is 2.69. The van der Waals surface area contributed by atoms with Crippen molar-refractivity contribution in [2.75, 3.05) is 32.9 Å². The number of benzene rings is 1. The lowest BCUT2D eigenvalue weighted by molar-refractivity contribution is -0.137. The van der Waals surface area contributed by atoms with Gasteiger partial charge in [-0.05, 0) is 18.2 Å². The van der Waals surface area contributed by atoms with Crippen LogP contribution >= 0.6 is 0 Å². The predicted octanol–water partition coefficient (Wildman–Crippen LogP) is 0.796. The molecule has 0 saturated carbocycles. The molecular weight excluding hydrogens is 232 g/mol. The van der Waals surface area contributed by atoms with Gasteiger partial charge in [-0.2, -0.15) is 5.26 Å². The summed E-state index contributed by atoms with van der Waals surface area (Å²) in [6, 6.07) is 8.79. The van der Waals surface area contributed by atoms with E-state index in [4.69, 9.17) is 14.7 Å². The summed E-state index contributed by atoms with van der Waals surface area (Å²) >= 11 is 0. The van der Waals surface area contributed by atoms with Crippen molar-refractivity contribution < 1.29 is 14.3 Å². The van der Waals surface area contributed by atoms with Crippen molar-refractivity contribution in [3.8, 4) is 11.8 Å². The second kappa shape index (κ2) is 6.03. The molecule has 94 valence electrons. The summed E-state index contributed by atoms with van der Waals surface area (Å²) in [6.45, 7) is 2.38. The van der Waals surface area contributed by atoms with Gasteiger partial charge in [0.25, 0.3) is 5.91 Å². The van der Waals surface area contributed by atoms with Gasteiger partial charge in [0.2, 0.25) is 0 Å². The van der Waals surface area contributed by atoms with Crippen molar-refractivity contribution in [3.05, 3.63) is 29.8 Å². The fourth-order valence-corrected chi connectivity index (χ4v) is 1.70. The van der Waals surface area contributed by atoms with Crippen LogP contribution in [0.3, 0.4) is 0 Å². The van der Waals surface area contributed by atoms with Crippen LogP contribution in [0.25, 0.3) is 0 Å². The molecule has 0 atom stereocenters. The molecule has 1 saturated heterocycles. The molecule has 1 aliphatic rings. The number of morpholine rings is 1. The Kier molecular flexibility index (Phi) is 4.15. The lowest BCUT2D eigenvalue weighted by atomic mass is 10.2. The minimum Gasteiger partial charge on any atom is -0.484 e. The lowest BCUT2D eigenvalue weighted by Gasteiger charge is -2.26. The van der Waals surface area contributed by atoms with Gasteiger partial charge in [0.05, 0.1) is 24.8 Å². The van der Waals surface area contributed by atoms with Gasteiger partial charge in [0, 0.05) is 13.1 Å². The van der Waals surface area contributed by atoms with E-state index < -0.39 is 0 Å². The molecule has 0 bridgehead atoms. The van der Waals surface area contributed by atoms with Gasteiger partial charge in [-0.25, -0.2) is 0 Å². The third kappa shape index (κ3) is 3.22. The standard InChI is InChI=1S/C13H14N2O3/c14-9-11-2-1-3-12(8-11)18-10-13(16)15-4-6-17-7-5-15/h1-3,8H,4-7,10H2. The smallest absolute Gasteiger partial charge is 0.260 e. The maximum atomic E-state index is 11.8. The molecular formula is C13H14N2O3. The first kappa shape index (κ1) is 12.4. The van der Waals surface area contributed by atoms with Crippen LogP contribution in [0.2, 0.25) is 0 Å². The van der Waals surface area contributed by atoms with Crippen molar-refractivity contribution >= 4 is 5.91 Å². The van der Waals surface area contributed by atoms with E-state index in [2.05, 4.69) is 0 Å². The number of hydrogen-bond donors (Lipinski definition) is 0. The van der Waals surface area contributed by atoms with Gasteiger partial charge >= 0.3 is 0 Å². The number of carbonyl (C=O) groups is 1. The van der Waals surface area contributed by atoms with Crippen LogP contribution in [-0.4, -0.2) is 43.7 Å². The molecule has 18 heavy (non-hydrogen) atoms. The molecule has 0 radical (unpaired) electrons. The van der Waals surface area contributed by atoms with Crippen molar-refractivity contribution in [3.63, 3.8) is 0 Å². The largest absolute Gasteiger partial charge is 0.484 e. The monoisotopic (exact) mass is 246 g/mol. The number of ether oxygens (including phenoxy) is 2. The Morgan fingerprint density at radius 3 is 2.94 bits per heavy atom. The highest BCUT2D eigenvalue weighted by Gasteiger charge is 2.16. The zero-order chi connectivity index (χ0) is 12.8. The maximum absolute atomic E-state index is 11.8. The predicted molar refractivity (Wildman–Crippen MR) is 64.1 cm³/mol. The Balaban J connectivity index is 1.86. The molecule has 1 aromatic rings. The molecule has 5 nitrogen and oxygen atoms in total. The van der Waals surface area contributed by atoms with Crippen LogP contribution < -0.4 is 4.74 Å². The molecule has 0 spiro atoms. The van der Waals surface area contributed by atoms with Crippen LogP contribution in [0.15, 0.2) is 24.3 Å². The SMILES string of the molecule is N#Cc1cccc(OCC(=O)N2CCOCC2)c1. The minimum absolute atomic E-state index is 0.00508. The van der Waals surface area contributed by atoms with E-state index in [0.717, 1.165) is 0 Å². The first-order valence-corrected chi connectivity index (χ1v) is 5.78. The fourth-order valence-electron chi connectivity index (χ4n) is 1.70. The van der Waals surface area contributed by atoms with Crippen molar-refractivity contribution in [1.82, 2.24) is 4.90 Å². The van der Waals surface area contributed by atoms with Crippen molar-refractivity contribution in [1.29, 1.82) is 5.26 Å². The average Bonchev–Trinajstić information content (AvgIpc) is 2.46. The Morgan fingerprint density at radius 1 is 1.44 bits per heavy atom. The lowest BCUT2D eigenvalue weighted by Crippen LogP contribution is -2.42. The molecule has 1 heterocycles. The van der Waals surface area contributed by atoms with E-state index in [0.29, 0.717) is 37.6 Å². The van der Waals surface area contributed by atoms with E-state index in [1.807, 2.05) is 6.07 Å². The summed E-state index contributed by atoms with van der Waals surface area (Å²) in [5.74, 6) is 0.483. The molecule has 0 unspecified atom stereocenters. The van der Waals surface area contributed by atoms with Gasteiger partial charge in [-0.15, -0.1) is 0 Å². The van der Waals surface area contributed by atoms with Crippen LogP contribution in [0.4, 0.5) is 0 Å². The van der Waals surface area contributed by atoms with E-state index in [9.17, 15) is 4.79 Å². The summed E-state index contributed by atoms with van der Waals surface area (Å²) in [5, 5.41) is 8.75. The zero-order valence-corrected chi connectivity index (χ0v) is 9.96. The molecule has 1 aromatic carbocycles. The van der Waals surface area contributed by atoms with E-state index in [-0.39, 0.29) is 12.5 Å². The Labute approximate surface area is 106 Å². The minimum atomic E-state index is -0.0549. The summed E-state index contributed by atoms with van der Waals surface area (Å²) in [5.41, 5.74) is 0.520. The van der Waals surface area contributed by atoms with Gasteiger partial charge in [0.1, 0.15) is 5.75 Å². The second-order valence-electron chi connectivity index (χ2n) is 3.92. The molecule has 0 aromatic heterocycles. The van der Waals surface area contributed by atoms with Crippen LogP contribution in [0, 0.1) is 11.3 Å². The second-order valence-corrected chi connectivity index (χ2v) is 3.92. The summed E-state index contributed by atoms with van der Waals surface area (Å²) in [7, 11) is 0. The van der Waals surface area contributed by atoms with Gasteiger partial charge < -0.3 is 14.4 Å². The molecule has 1 amide bonds. The van der Waals surface area contributed by atoms with E-state index in [1.165, 1.54) is 0 Å². The first-order valence-electron chi connectivity index (χ1n) is 5.78. The first-order chi connectivity index (χ1) is 8.79. The highest BCUT2D eigenvalue weighted by Crippen LogP contribution is 2.12. The van der Waals surface area contributed by atoms with Crippen LogP contribution in [-0.2, 0) is 9.53 Å². The van der Waals surface area contributed by atoms with E-state index >= 15 is 0 Å². The van der Waals surface area contributed by atoms with Crippen LogP contribution in [0.5, 0.6) is 5.75 Å². The highest BCUT2D eigenvalue weighted by molar-refractivity contribution is 5.77. The molecule has 1 fully saturated rings. The average molecular weight is 246 g/mol. The summed E-state index contributed by atoms with van der Waals surface area (Å²) < 4.78 is 10.6. The quantitative estimate of drug-likeness (QED) is 0.791. The number of nitriles is 1. The molecule has 0 aliphatic carbocycles. The van der Waals surface area contributed by atoms with Gasteiger partial charge in [-0.1, -0.05) is 6.07 Å². The van der Waals surface area contributed by atoms with Crippen LogP contribution in [0.1, 0.15) is 5.56 Å². The normalized spacial score (nSPS) is 14.9. The summed E-state index contributed by atoms with van der Waals surface area (Å²) in [6.07, 6.45) is 0. The number of rotatable bonds is 3. The number of carbonyl (C=O) groups excluding carboxylic acids is 1. The molecule has 2 rings (SSSR count). The van der Waals surface area contributed by atoms with Crippen molar-refractivity contribution in [2.45, 2.75) is 0 Å². The third-order valence-electron chi connectivity index (χ3n) is 2.69. The van der Waals surface area contributed by atoms with E-state index in [1.54, 1.807) is 29.2 Å². The van der Waals surface area contributed by atoms with Crippen molar-refractivity contribution in [2.24, 2.45) is 0 Å². The maximum Gasteiger partial charge on any atom is 0.260 e. The Hall–Kier alpha value is -2.06.